The van der Waals surface area contributed by atoms with Crippen LogP contribution in [-0.2, 0) is 19.4 Å². The van der Waals surface area contributed by atoms with Crippen LogP contribution in [0.4, 0.5) is 0 Å². The molecule has 0 amide bonds. The molecule has 8 heteroatoms. The number of carbonyl (C=O) groups excluding carboxylic acids is 1. The van der Waals surface area contributed by atoms with Gasteiger partial charge in [-0.15, -0.1) is 0 Å². The summed E-state index contributed by atoms with van der Waals surface area (Å²) in [5.74, 6) is -1.06. The molecule has 0 aliphatic heterocycles. The second-order valence-electron chi connectivity index (χ2n) is 1.00. The third-order valence-electron chi connectivity index (χ3n) is 0.223. The van der Waals surface area contributed by atoms with Gasteiger partial charge in [-0.05, 0) is 0 Å². The molecule has 0 rings (SSSR count). The van der Waals surface area contributed by atoms with Gasteiger partial charge in [-0.25, -0.2) is 0 Å². The molecule has 0 heterocycles. The van der Waals surface area contributed by atoms with Gasteiger partial charge in [0, 0.05) is 6.92 Å². The number of carbonyl (C=O) groups is 1. The van der Waals surface area contributed by atoms with E-state index in [0.717, 1.165) is 6.92 Å². The van der Waals surface area contributed by atoms with E-state index >= 15 is 0 Å². The maximum absolute atomic E-state index is 9.70. The van der Waals surface area contributed by atoms with Crippen LogP contribution in [0.25, 0.3) is 0 Å². The smallest absolute Gasteiger partial charge is 1.00 e. The first-order valence-electron chi connectivity index (χ1n) is 1.59. The molecule has 0 aromatic carbocycles. The average molecular weight is 188 g/mol. The number of hydrogen-bond donors (Lipinski definition) is 1. The van der Waals surface area contributed by atoms with Gasteiger partial charge >= 0.3 is 75.5 Å². The van der Waals surface area contributed by atoms with E-state index in [2.05, 4.69) is 4.18 Å². The normalized spacial score (nSPS) is 8.60. The molecule has 0 bridgehead atoms. The van der Waals surface area contributed by atoms with Gasteiger partial charge in [-0.3, -0.25) is 9.35 Å². The number of rotatable bonds is 1. The fraction of sp³-hybridized carbons (Fsp3) is 0.500. The van der Waals surface area contributed by atoms with E-state index in [1.807, 2.05) is 0 Å². The van der Waals surface area contributed by atoms with Crippen molar-refractivity contribution >= 4 is 16.4 Å². The van der Waals surface area contributed by atoms with Crippen molar-refractivity contribution in [2.75, 3.05) is 0 Å². The van der Waals surface area contributed by atoms with Crippen molar-refractivity contribution in [3.8, 4) is 0 Å². The zero-order valence-corrected chi connectivity index (χ0v) is 10.8. The minimum Gasteiger partial charge on any atom is -1.00 e. The summed E-state index contributed by atoms with van der Waals surface area (Å²) < 4.78 is 30.2. The Morgan fingerprint density at radius 2 is 1.80 bits per heavy atom. The van der Waals surface area contributed by atoms with Gasteiger partial charge < -0.3 is 7.04 Å². The van der Waals surface area contributed by atoms with E-state index < -0.39 is 16.4 Å². The summed E-state index contributed by atoms with van der Waals surface area (Å²) >= 11 is 0. The van der Waals surface area contributed by atoms with Gasteiger partial charge in [0.2, 0.25) is 0 Å². The first-order valence-corrected chi connectivity index (χ1v) is 2.96. The molecule has 0 fully saturated rings. The minimum absolute atomic E-state index is 0. The topological polar surface area (TPSA) is 80.7 Å². The van der Waals surface area contributed by atoms with Crippen LogP contribution in [0.2, 0.25) is 0 Å². The van der Waals surface area contributed by atoms with Crippen LogP contribution in [0.3, 0.4) is 0 Å². The van der Waals surface area contributed by atoms with Crippen LogP contribution < -0.4 is 59.1 Å². The molecule has 0 unspecified atom stereocenters. The Hall–Kier alpha value is 1.38. The third kappa shape index (κ3) is 16.2. The predicted molar refractivity (Wildman–Crippen MR) is 25.5 cm³/mol. The maximum Gasteiger partial charge on any atom is 1.00 e. The Labute approximate surface area is 106 Å². The Bertz CT molecular complexity index is 192. The first kappa shape index (κ1) is 17.5. The van der Waals surface area contributed by atoms with E-state index in [9.17, 15) is 13.2 Å². The number of hydrogen-bond acceptors (Lipinski definition) is 4. The van der Waals surface area contributed by atoms with E-state index in [0.29, 0.717) is 0 Å². The van der Waals surface area contributed by atoms with Crippen molar-refractivity contribution in [1.29, 1.82) is 0 Å². The molecule has 0 aromatic heterocycles. The molecule has 0 radical (unpaired) electrons. The van der Waals surface area contributed by atoms with E-state index in [-0.39, 0.29) is 62.0 Å². The monoisotopic (exact) mass is 188 g/mol. The molecular weight excluding hydrogens is 182 g/mol. The Balaban J connectivity index is -0.0000000408. The molecule has 0 aliphatic rings. The molecule has 0 saturated carbocycles. The summed E-state index contributed by atoms with van der Waals surface area (Å²) in [4.78, 5) is 9.70. The van der Waals surface area contributed by atoms with Gasteiger partial charge in [0.15, 0.2) is 0 Å². The van der Waals surface area contributed by atoms with Gasteiger partial charge in [0.1, 0.15) is 0 Å². The van der Waals surface area contributed by atoms with Crippen molar-refractivity contribution in [3.63, 3.8) is 0 Å². The van der Waals surface area contributed by atoms with Crippen LogP contribution in [0.1, 0.15) is 9.78 Å². The summed E-state index contributed by atoms with van der Waals surface area (Å²) in [6, 6.07) is 0. The van der Waals surface area contributed by atoms with Crippen molar-refractivity contribution in [1.82, 2.24) is 0 Å². The Kier molecular flexibility index (Phi) is 12.3. The van der Waals surface area contributed by atoms with Gasteiger partial charge in [-0.2, -0.15) is 8.42 Å². The largest absolute Gasteiger partial charge is 1.00 e. The minimum atomic E-state index is -4.57. The van der Waals surface area contributed by atoms with Gasteiger partial charge in [0.25, 0.3) is 0 Å². The molecule has 0 atom stereocenters. The Morgan fingerprint density at radius 1 is 1.50 bits per heavy atom. The fourth-order valence-electron chi connectivity index (χ4n) is 0.148. The van der Waals surface area contributed by atoms with Crippen LogP contribution in [0, 0.1) is 0 Å². The molecule has 0 saturated heterocycles. The molecule has 10 heavy (non-hydrogen) atoms. The zero-order chi connectivity index (χ0) is 6.78. The van der Waals surface area contributed by atoms with E-state index in [4.69, 9.17) is 4.55 Å². The quantitative estimate of drug-likeness (QED) is 0.327. The van der Waals surface area contributed by atoms with Gasteiger partial charge in [0.05, 0.1) is 0 Å². The van der Waals surface area contributed by atoms with Crippen molar-refractivity contribution < 1.29 is 83.9 Å². The Morgan fingerprint density at radius 3 is 1.80 bits per heavy atom. The van der Waals surface area contributed by atoms with Crippen molar-refractivity contribution in [2.45, 2.75) is 6.92 Å². The summed E-state index contributed by atoms with van der Waals surface area (Å²) in [6.45, 7) is 0.869. The second kappa shape index (κ2) is 7.05. The van der Waals surface area contributed by atoms with Gasteiger partial charge in [-0.1, -0.05) is 0 Å². The van der Waals surface area contributed by atoms with Crippen molar-refractivity contribution in [3.05, 3.63) is 0 Å². The fourth-order valence-corrected chi connectivity index (χ4v) is 0.445. The van der Waals surface area contributed by atoms with Crippen LogP contribution in [-0.4, -0.2) is 18.9 Å². The van der Waals surface area contributed by atoms with Crippen LogP contribution in [0.5, 0.6) is 0 Å². The molecule has 0 spiro atoms. The zero-order valence-electron chi connectivity index (χ0n) is 7.99. The molecule has 0 aliphatic carbocycles. The van der Waals surface area contributed by atoms with Crippen LogP contribution in [0.15, 0.2) is 0 Å². The summed E-state index contributed by atoms with van der Waals surface area (Å²) in [5.41, 5.74) is 0. The van der Waals surface area contributed by atoms with E-state index in [1.54, 1.807) is 0 Å². The standard InChI is InChI=1S/C2H4O5S.2Na.2H/c1-2(3)7-8(4,5)6;;;;/h1H3,(H,4,5,6);;;;/q;2*+1;2*-1. The summed E-state index contributed by atoms with van der Waals surface area (Å²) in [7, 11) is -4.57. The second-order valence-corrected chi connectivity index (χ2v) is 2.02. The average Bonchev–Trinajstić information content (AvgIpc) is 1.21. The molecule has 0 aromatic rings. The summed E-state index contributed by atoms with van der Waals surface area (Å²) in [6.07, 6.45) is 0. The van der Waals surface area contributed by atoms with Crippen molar-refractivity contribution in [2.24, 2.45) is 0 Å². The molecule has 5 nitrogen and oxygen atoms in total. The molecular formula is C2H6Na2O5S. The van der Waals surface area contributed by atoms with Crippen LogP contribution >= 0.6 is 0 Å². The first-order chi connectivity index (χ1) is 3.42. The predicted octanol–water partition coefficient (Wildman–Crippen LogP) is -6.41. The summed E-state index contributed by atoms with van der Waals surface area (Å²) in [5, 5.41) is 0. The SMILES string of the molecule is CC(=O)OS(=O)(=O)O.[H-].[H-].[Na+].[Na+]. The molecule has 1 N–H and O–H groups in total. The maximum atomic E-state index is 9.70. The van der Waals surface area contributed by atoms with E-state index in [1.165, 1.54) is 0 Å². The third-order valence-corrected chi connectivity index (χ3v) is 0.668. The molecule has 52 valence electrons.